The van der Waals surface area contributed by atoms with Gasteiger partial charge in [0.15, 0.2) is 0 Å². The van der Waals surface area contributed by atoms with Gasteiger partial charge in [0.05, 0.1) is 10.7 Å². The number of benzene rings is 1. The van der Waals surface area contributed by atoms with Gasteiger partial charge in [-0.1, -0.05) is 11.6 Å². The molecule has 2 heterocycles. The van der Waals surface area contributed by atoms with E-state index < -0.39 is 0 Å². The number of aryl methyl sites for hydroxylation is 1. The first-order valence-corrected chi connectivity index (χ1v) is 7.29. The lowest BCUT2D eigenvalue weighted by atomic mass is 10.1. The fourth-order valence-electron chi connectivity index (χ4n) is 2.22. The zero-order chi connectivity index (χ0) is 16.4. The van der Waals surface area contributed by atoms with Gasteiger partial charge in [-0.05, 0) is 42.8 Å². The highest BCUT2D eigenvalue weighted by molar-refractivity contribution is 6.30. The van der Waals surface area contributed by atoms with Gasteiger partial charge < -0.3 is 0 Å². The average molecular weight is 328 g/mol. The van der Waals surface area contributed by atoms with Gasteiger partial charge in [0, 0.05) is 18.8 Å². The predicted octanol–water partition coefficient (Wildman–Crippen LogP) is 2.90. The summed E-state index contributed by atoms with van der Waals surface area (Å²) in [6.07, 6.45) is 4.59. The number of nitrogens with zero attached hydrogens (tertiary/aromatic N) is 5. The quantitative estimate of drug-likeness (QED) is 0.742. The lowest BCUT2D eigenvalue weighted by Crippen LogP contribution is -2.27. The monoisotopic (exact) mass is 327 g/mol. The van der Waals surface area contributed by atoms with E-state index in [1.807, 2.05) is 19.1 Å². The van der Waals surface area contributed by atoms with Crippen LogP contribution in [0.5, 0.6) is 0 Å². The van der Waals surface area contributed by atoms with Crippen molar-refractivity contribution in [3.05, 3.63) is 65.3 Å². The molecule has 3 aromatic rings. The molecule has 7 heteroatoms. The molecule has 0 unspecified atom stereocenters. The molecule has 0 bridgehead atoms. The summed E-state index contributed by atoms with van der Waals surface area (Å²) in [5.74, 6) is 0.404. The van der Waals surface area contributed by atoms with Crippen LogP contribution in [0.15, 0.2) is 49.2 Å². The van der Waals surface area contributed by atoms with Crippen LogP contribution < -0.4 is 4.90 Å². The van der Waals surface area contributed by atoms with Gasteiger partial charge in [-0.3, -0.25) is 9.69 Å². The van der Waals surface area contributed by atoms with E-state index in [0.717, 1.165) is 11.3 Å². The van der Waals surface area contributed by atoms with Crippen molar-refractivity contribution >= 4 is 23.3 Å². The summed E-state index contributed by atoms with van der Waals surface area (Å²) in [6.45, 7) is 1.89. The highest BCUT2D eigenvalue weighted by Gasteiger charge is 2.17. The Bertz CT molecular complexity index is 830. The molecule has 0 aliphatic rings. The lowest BCUT2D eigenvalue weighted by molar-refractivity contribution is 0.0991. The number of anilines is 1. The Hall–Kier alpha value is -2.73. The summed E-state index contributed by atoms with van der Waals surface area (Å²) in [7, 11) is 1.68. The third-order valence-corrected chi connectivity index (χ3v) is 3.71. The van der Waals surface area contributed by atoms with Crippen molar-refractivity contribution in [3.63, 3.8) is 0 Å². The first-order valence-electron chi connectivity index (χ1n) is 6.91. The highest BCUT2D eigenvalue weighted by Crippen LogP contribution is 2.19. The van der Waals surface area contributed by atoms with Crippen molar-refractivity contribution in [2.24, 2.45) is 0 Å². The maximum Gasteiger partial charge on any atom is 0.259 e. The van der Waals surface area contributed by atoms with Crippen LogP contribution in [-0.2, 0) is 0 Å². The van der Waals surface area contributed by atoms with Crippen LogP contribution in [-0.4, -0.2) is 32.7 Å². The number of aromatic nitrogens is 4. The molecule has 1 aromatic carbocycles. The number of rotatable bonds is 3. The summed E-state index contributed by atoms with van der Waals surface area (Å²) in [4.78, 5) is 22.2. The van der Waals surface area contributed by atoms with Gasteiger partial charge in [-0.25, -0.2) is 14.6 Å². The third kappa shape index (κ3) is 3.07. The van der Waals surface area contributed by atoms with Crippen LogP contribution in [0.3, 0.4) is 0 Å². The number of pyridine rings is 1. The minimum atomic E-state index is -0.137. The maximum absolute atomic E-state index is 12.7. The van der Waals surface area contributed by atoms with Crippen LogP contribution in [0.25, 0.3) is 5.69 Å². The molecule has 0 fully saturated rings. The van der Waals surface area contributed by atoms with E-state index in [0.29, 0.717) is 16.4 Å². The molecular weight excluding hydrogens is 314 g/mol. The molecule has 0 aliphatic carbocycles. The number of halogens is 1. The molecular formula is C16H14ClN5O. The Morgan fingerprint density at radius 3 is 2.70 bits per heavy atom. The normalized spacial score (nSPS) is 10.6. The molecule has 6 nitrogen and oxygen atoms in total. The first kappa shape index (κ1) is 15.2. The molecule has 23 heavy (non-hydrogen) atoms. The first-order chi connectivity index (χ1) is 11.1. The second kappa shape index (κ2) is 6.18. The highest BCUT2D eigenvalue weighted by atomic mass is 35.5. The van der Waals surface area contributed by atoms with E-state index in [9.17, 15) is 4.79 Å². The van der Waals surface area contributed by atoms with Crippen LogP contribution >= 0.6 is 11.6 Å². The Morgan fingerprint density at radius 1 is 1.26 bits per heavy atom. The number of amides is 1. The smallest absolute Gasteiger partial charge is 0.259 e. The van der Waals surface area contributed by atoms with E-state index in [1.165, 1.54) is 17.4 Å². The zero-order valence-electron chi connectivity index (χ0n) is 12.6. The largest absolute Gasteiger partial charge is 0.296 e. The Morgan fingerprint density at radius 2 is 2.09 bits per heavy atom. The second-order valence-corrected chi connectivity index (χ2v) is 5.47. The Labute approximate surface area is 138 Å². The van der Waals surface area contributed by atoms with Gasteiger partial charge in [-0.15, -0.1) is 0 Å². The Kier molecular flexibility index (Phi) is 4.08. The minimum Gasteiger partial charge on any atom is -0.296 e. The fourth-order valence-corrected chi connectivity index (χ4v) is 2.33. The van der Waals surface area contributed by atoms with Crippen LogP contribution in [0.1, 0.15) is 15.9 Å². The summed E-state index contributed by atoms with van der Waals surface area (Å²) in [6, 6.07) is 8.91. The number of hydrogen-bond acceptors (Lipinski definition) is 4. The zero-order valence-corrected chi connectivity index (χ0v) is 13.4. The second-order valence-electron chi connectivity index (χ2n) is 5.04. The molecule has 0 radical (unpaired) electrons. The van der Waals surface area contributed by atoms with Crippen molar-refractivity contribution in [3.8, 4) is 5.69 Å². The van der Waals surface area contributed by atoms with Crippen LogP contribution in [0.4, 0.5) is 5.82 Å². The van der Waals surface area contributed by atoms with Gasteiger partial charge in [-0.2, -0.15) is 5.10 Å². The van der Waals surface area contributed by atoms with Crippen molar-refractivity contribution < 1.29 is 4.79 Å². The van der Waals surface area contributed by atoms with E-state index in [-0.39, 0.29) is 5.91 Å². The van der Waals surface area contributed by atoms with Crippen molar-refractivity contribution in [1.29, 1.82) is 0 Å². The lowest BCUT2D eigenvalue weighted by Gasteiger charge is -2.18. The summed E-state index contributed by atoms with van der Waals surface area (Å²) in [5.41, 5.74) is 2.31. The predicted molar refractivity (Wildman–Crippen MR) is 88.1 cm³/mol. The number of hydrogen-bond donors (Lipinski definition) is 0. The molecule has 1 amide bonds. The van der Waals surface area contributed by atoms with Gasteiger partial charge in [0.1, 0.15) is 18.5 Å². The summed E-state index contributed by atoms with van der Waals surface area (Å²) in [5, 5.41) is 4.61. The van der Waals surface area contributed by atoms with Crippen molar-refractivity contribution in [1.82, 2.24) is 19.7 Å². The van der Waals surface area contributed by atoms with Gasteiger partial charge >= 0.3 is 0 Å². The molecule has 0 atom stereocenters. The molecule has 2 aromatic heterocycles. The summed E-state index contributed by atoms with van der Waals surface area (Å²) < 4.78 is 1.64. The average Bonchev–Trinajstić information content (AvgIpc) is 3.08. The molecule has 0 spiro atoms. The van der Waals surface area contributed by atoms with E-state index in [2.05, 4.69) is 15.1 Å². The standard InChI is InChI=1S/C16H14ClN5O/c1-11-7-13(22-10-18-9-20-22)4-5-14(11)16(23)21(2)15-6-3-12(17)8-19-15/h3-10H,1-2H3. The van der Waals surface area contributed by atoms with Gasteiger partial charge in [0.2, 0.25) is 0 Å². The summed E-state index contributed by atoms with van der Waals surface area (Å²) >= 11 is 5.83. The third-order valence-electron chi connectivity index (χ3n) is 3.48. The molecule has 0 saturated heterocycles. The Balaban J connectivity index is 1.89. The van der Waals surface area contributed by atoms with Crippen LogP contribution in [0.2, 0.25) is 5.02 Å². The molecule has 116 valence electrons. The molecule has 0 saturated carbocycles. The molecule has 0 N–H and O–H groups in total. The maximum atomic E-state index is 12.7. The van der Waals surface area contributed by atoms with E-state index >= 15 is 0 Å². The van der Waals surface area contributed by atoms with Crippen molar-refractivity contribution in [2.75, 3.05) is 11.9 Å². The number of carbonyl (C=O) groups excluding carboxylic acids is 1. The van der Waals surface area contributed by atoms with Gasteiger partial charge in [0.25, 0.3) is 5.91 Å². The van der Waals surface area contributed by atoms with E-state index in [1.54, 1.807) is 36.3 Å². The van der Waals surface area contributed by atoms with E-state index in [4.69, 9.17) is 11.6 Å². The topological polar surface area (TPSA) is 63.9 Å². The molecule has 0 aliphatic heterocycles. The SMILES string of the molecule is Cc1cc(-n2cncn2)ccc1C(=O)N(C)c1ccc(Cl)cn1. The minimum absolute atomic E-state index is 0.137. The fraction of sp³-hybridized carbons (Fsp3) is 0.125. The number of carbonyl (C=O) groups is 1. The van der Waals surface area contributed by atoms with Crippen molar-refractivity contribution in [2.45, 2.75) is 6.92 Å². The van der Waals surface area contributed by atoms with Crippen LogP contribution in [0, 0.1) is 6.92 Å². The molecule has 3 rings (SSSR count).